The zero-order chi connectivity index (χ0) is 13.6. The third kappa shape index (κ3) is 3.26. The van der Waals surface area contributed by atoms with Gasteiger partial charge in [-0.3, -0.25) is 4.98 Å². The molecule has 0 aliphatic carbocycles. The summed E-state index contributed by atoms with van der Waals surface area (Å²) in [5, 5.41) is 3.38. The summed E-state index contributed by atoms with van der Waals surface area (Å²) in [6.07, 6.45) is 9.46. The molecule has 2 aromatic heterocycles. The van der Waals surface area contributed by atoms with Crippen molar-refractivity contribution in [2.45, 2.75) is 25.8 Å². The maximum Gasteiger partial charge on any atom is 0.128 e. The van der Waals surface area contributed by atoms with Crippen LogP contribution in [0.25, 0.3) is 0 Å². The van der Waals surface area contributed by atoms with E-state index in [9.17, 15) is 0 Å². The second-order valence-corrected chi connectivity index (χ2v) is 5.16. The normalized spacial score (nSPS) is 15.1. The van der Waals surface area contributed by atoms with Crippen LogP contribution in [0.5, 0.6) is 0 Å². The van der Waals surface area contributed by atoms with E-state index in [2.05, 4.69) is 32.3 Å². The Hall–Kier alpha value is -2.10. The summed E-state index contributed by atoms with van der Waals surface area (Å²) in [6.45, 7) is 3.07. The Balaban J connectivity index is 1.58. The third-order valence-corrected chi connectivity index (χ3v) is 3.67. The molecule has 4 heteroatoms. The van der Waals surface area contributed by atoms with Gasteiger partial charge in [0.25, 0.3) is 0 Å². The molecule has 1 aliphatic rings. The maximum absolute atomic E-state index is 4.57. The molecule has 1 N–H and O–H groups in total. The van der Waals surface area contributed by atoms with Gasteiger partial charge in [-0.05, 0) is 49.1 Å². The minimum atomic E-state index is 0.799. The highest BCUT2D eigenvalue weighted by atomic mass is 15.2. The van der Waals surface area contributed by atoms with E-state index >= 15 is 0 Å². The Bertz CT molecular complexity index is 518. The van der Waals surface area contributed by atoms with Crippen LogP contribution >= 0.6 is 0 Å². The maximum atomic E-state index is 4.57. The fourth-order valence-corrected chi connectivity index (χ4v) is 2.51. The van der Waals surface area contributed by atoms with Gasteiger partial charge in [-0.15, -0.1) is 0 Å². The van der Waals surface area contributed by atoms with Crippen LogP contribution in [-0.4, -0.2) is 23.1 Å². The van der Waals surface area contributed by atoms with Crippen LogP contribution in [0.4, 0.5) is 11.5 Å². The van der Waals surface area contributed by atoms with Crippen molar-refractivity contribution in [1.82, 2.24) is 9.97 Å². The van der Waals surface area contributed by atoms with Crippen LogP contribution in [0.1, 0.15) is 24.8 Å². The average molecular weight is 268 g/mol. The summed E-state index contributed by atoms with van der Waals surface area (Å²) in [6, 6.07) is 8.25. The third-order valence-electron chi connectivity index (χ3n) is 3.67. The number of nitrogens with zero attached hydrogens (tertiary/aromatic N) is 3. The number of rotatable bonds is 4. The van der Waals surface area contributed by atoms with E-state index in [1.165, 1.54) is 24.8 Å². The van der Waals surface area contributed by atoms with Gasteiger partial charge in [0, 0.05) is 32.0 Å². The summed E-state index contributed by atoms with van der Waals surface area (Å²) in [4.78, 5) is 11.0. The first-order valence-corrected chi connectivity index (χ1v) is 7.25. The fourth-order valence-electron chi connectivity index (χ4n) is 2.51. The van der Waals surface area contributed by atoms with E-state index in [4.69, 9.17) is 0 Å². The molecule has 0 bridgehead atoms. The van der Waals surface area contributed by atoms with Crippen LogP contribution in [0.2, 0.25) is 0 Å². The summed E-state index contributed by atoms with van der Waals surface area (Å²) >= 11 is 0. The molecule has 4 nitrogen and oxygen atoms in total. The summed E-state index contributed by atoms with van der Waals surface area (Å²) in [5.74, 6) is 1.10. The Kier molecular flexibility index (Phi) is 4.11. The molecular formula is C16H20N4. The first kappa shape index (κ1) is 12.9. The van der Waals surface area contributed by atoms with Crippen molar-refractivity contribution in [3.63, 3.8) is 0 Å². The van der Waals surface area contributed by atoms with Crippen molar-refractivity contribution in [3.8, 4) is 0 Å². The van der Waals surface area contributed by atoms with Gasteiger partial charge in [0.05, 0.1) is 11.9 Å². The first-order chi connectivity index (χ1) is 9.92. The van der Waals surface area contributed by atoms with Crippen molar-refractivity contribution in [2.24, 2.45) is 0 Å². The fraction of sp³-hybridized carbons (Fsp3) is 0.375. The molecule has 0 unspecified atom stereocenters. The number of aromatic nitrogens is 2. The molecule has 3 heterocycles. The number of nitrogens with one attached hydrogen (secondary N) is 1. The topological polar surface area (TPSA) is 41.0 Å². The van der Waals surface area contributed by atoms with Crippen molar-refractivity contribution in [2.75, 3.05) is 23.3 Å². The van der Waals surface area contributed by atoms with E-state index in [1.807, 2.05) is 30.7 Å². The zero-order valence-corrected chi connectivity index (χ0v) is 11.6. The molecule has 1 saturated heterocycles. The molecular weight excluding hydrogens is 248 g/mol. The average Bonchev–Trinajstić information content (AvgIpc) is 2.55. The minimum absolute atomic E-state index is 0.799. The predicted octanol–water partition coefficient (Wildman–Crippen LogP) is 3.08. The van der Waals surface area contributed by atoms with Gasteiger partial charge in [0.1, 0.15) is 5.82 Å². The minimum Gasteiger partial charge on any atom is -0.380 e. The lowest BCUT2D eigenvalue weighted by Crippen LogP contribution is -2.30. The molecule has 0 amide bonds. The molecule has 1 fully saturated rings. The van der Waals surface area contributed by atoms with Gasteiger partial charge >= 0.3 is 0 Å². The quantitative estimate of drug-likeness (QED) is 0.925. The van der Waals surface area contributed by atoms with E-state index in [0.717, 1.165) is 31.1 Å². The number of pyridine rings is 2. The molecule has 104 valence electrons. The van der Waals surface area contributed by atoms with Crippen molar-refractivity contribution >= 4 is 11.5 Å². The van der Waals surface area contributed by atoms with Gasteiger partial charge in [-0.1, -0.05) is 0 Å². The van der Waals surface area contributed by atoms with E-state index < -0.39 is 0 Å². The van der Waals surface area contributed by atoms with Crippen LogP contribution < -0.4 is 10.2 Å². The largest absolute Gasteiger partial charge is 0.380 e. The first-order valence-electron chi connectivity index (χ1n) is 7.25. The van der Waals surface area contributed by atoms with Gasteiger partial charge in [0.2, 0.25) is 0 Å². The van der Waals surface area contributed by atoms with Gasteiger partial charge < -0.3 is 10.2 Å². The molecule has 20 heavy (non-hydrogen) atoms. The van der Waals surface area contributed by atoms with Gasteiger partial charge in [0.15, 0.2) is 0 Å². The lowest BCUT2D eigenvalue weighted by atomic mass is 10.1. The molecule has 2 aromatic rings. The Morgan fingerprint density at radius 2 is 1.80 bits per heavy atom. The molecule has 0 saturated carbocycles. The lowest BCUT2D eigenvalue weighted by Gasteiger charge is -2.27. The van der Waals surface area contributed by atoms with Gasteiger partial charge in [-0.2, -0.15) is 0 Å². The van der Waals surface area contributed by atoms with Crippen molar-refractivity contribution in [1.29, 1.82) is 0 Å². The highest BCUT2D eigenvalue weighted by molar-refractivity contribution is 5.49. The molecule has 0 aromatic carbocycles. The molecule has 0 spiro atoms. The Morgan fingerprint density at radius 1 is 1.00 bits per heavy atom. The standard InChI is InChI=1S/C16H20N4/c1-2-10-20(11-3-1)16-5-4-15(13-19-16)18-12-14-6-8-17-9-7-14/h4-9,13,18H,1-3,10-12H2. The highest BCUT2D eigenvalue weighted by Gasteiger charge is 2.11. The monoisotopic (exact) mass is 268 g/mol. The number of hydrogen-bond donors (Lipinski definition) is 1. The van der Waals surface area contributed by atoms with Gasteiger partial charge in [-0.25, -0.2) is 4.98 Å². The number of hydrogen-bond acceptors (Lipinski definition) is 4. The summed E-state index contributed by atoms with van der Waals surface area (Å²) < 4.78 is 0. The summed E-state index contributed by atoms with van der Waals surface area (Å²) in [5.41, 5.74) is 2.28. The van der Waals surface area contributed by atoms with E-state index in [0.29, 0.717) is 0 Å². The van der Waals surface area contributed by atoms with E-state index in [-0.39, 0.29) is 0 Å². The van der Waals surface area contributed by atoms with Crippen molar-refractivity contribution in [3.05, 3.63) is 48.4 Å². The Labute approximate surface area is 119 Å². The highest BCUT2D eigenvalue weighted by Crippen LogP contribution is 2.19. The Morgan fingerprint density at radius 3 is 2.50 bits per heavy atom. The predicted molar refractivity (Wildman–Crippen MR) is 81.9 cm³/mol. The zero-order valence-electron chi connectivity index (χ0n) is 11.6. The number of anilines is 2. The van der Waals surface area contributed by atoms with Crippen LogP contribution in [-0.2, 0) is 6.54 Å². The second kappa shape index (κ2) is 6.37. The van der Waals surface area contributed by atoms with E-state index in [1.54, 1.807) is 0 Å². The van der Waals surface area contributed by atoms with Crippen LogP contribution in [0.3, 0.4) is 0 Å². The molecule has 3 rings (SSSR count). The summed E-state index contributed by atoms with van der Waals surface area (Å²) in [7, 11) is 0. The lowest BCUT2D eigenvalue weighted by molar-refractivity contribution is 0.573. The smallest absolute Gasteiger partial charge is 0.128 e. The van der Waals surface area contributed by atoms with Crippen LogP contribution in [0.15, 0.2) is 42.9 Å². The molecule has 0 atom stereocenters. The molecule has 0 radical (unpaired) electrons. The van der Waals surface area contributed by atoms with Crippen molar-refractivity contribution < 1.29 is 0 Å². The van der Waals surface area contributed by atoms with Crippen LogP contribution in [0, 0.1) is 0 Å². The SMILES string of the molecule is c1cc(CNc2ccc(N3CCCCC3)nc2)ccn1. The molecule has 1 aliphatic heterocycles. The second-order valence-electron chi connectivity index (χ2n) is 5.16. The number of piperidine rings is 1.